The second kappa shape index (κ2) is 14.2. The van der Waals surface area contributed by atoms with Crippen molar-refractivity contribution in [2.75, 3.05) is 11.1 Å². The Bertz CT molecular complexity index is 480. The first-order valence-electron chi connectivity index (χ1n) is 9.02. The van der Waals surface area contributed by atoms with E-state index in [-0.39, 0.29) is 0 Å². The van der Waals surface area contributed by atoms with Gasteiger partial charge in [0.15, 0.2) is 0 Å². The maximum absolute atomic E-state index is 6.12. The summed E-state index contributed by atoms with van der Waals surface area (Å²) < 4.78 is 0.759. The third-order valence-corrected chi connectivity index (χ3v) is 5.77. The van der Waals surface area contributed by atoms with E-state index in [1.807, 2.05) is 0 Å². The third-order valence-electron chi connectivity index (χ3n) is 3.90. The molecule has 0 aliphatic carbocycles. The SMILES string of the molecule is CCCCCCCCCCCCSC(=S)Nc1cc(Cl)ccc1Cl. The van der Waals surface area contributed by atoms with Crippen LogP contribution in [0.4, 0.5) is 5.69 Å². The van der Waals surface area contributed by atoms with Gasteiger partial charge in [0.1, 0.15) is 4.32 Å². The smallest absolute Gasteiger partial charge is 0.138 e. The Balaban J connectivity index is 1.99. The largest absolute Gasteiger partial charge is 0.340 e. The fraction of sp³-hybridized carbons (Fsp3) is 0.632. The molecular weight excluding hydrogens is 377 g/mol. The number of thioether (sulfide) groups is 1. The van der Waals surface area contributed by atoms with Gasteiger partial charge in [0.2, 0.25) is 0 Å². The molecule has 0 saturated heterocycles. The van der Waals surface area contributed by atoms with Crippen LogP contribution in [-0.2, 0) is 0 Å². The predicted octanol–water partition coefficient (Wildman–Crippen LogP) is 8.34. The molecule has 0 heterocycles. The van der Waals surface area contributed by atoms with Crippen molar-refractivity contribution in [2.24, 2.45) is 0 Å². The highest BCUT2D eigenvalue weighted by Gasteiger charge is 2.04. The number of thiocarbonyl (C=S) groups is 1. The second-order valence-electron chi connectivity index (χ2n) is 6.07. The standard InChI is InChI=1S/C19H29Cl2NS2/c1-2-3-4-5-6-7-8-9-10-11-14-24-19(23)22-18-15-16(20)12-13-17(18)21/h12-13,15H,2-11,14H2,1H3,(H,22,23). The van der Waals surface area contributed by atoms with Crippen LogP contribution in [0.25, 0.3) is 0 Å². The van der Waals surface area contributed by atoms with E-state index in [1.54, 1.807) is 30.0 Å². The van der Waals surface area contributed by atoms with Crippen LogP contribution in [0, 0.1) is 0 Å². The topological polar surface area (TPSA) is 12.0 Å². The molecule has 1 aromatic rings. The summed E-state index contributed by atoms with van der Waals surface area (Å²) in [5, 5.41) is 4.46. The third kappa shape index (κ3) is 10.8. The lowest BCUT2D eigenvalue weighted by atomic mass is 10.1. The highest BCUT2D eigenvalue weighted by atomic mass is 35.5. The molecule has 1 N–H and O–H groups in total. The Hall–Kier alpha value is 0.0400. The van der Waals surface area contributed by atoms with Gasteiger partial charge in [-0.15, -0.1) is 0 Å². The summed E-state index contributed by atoms with van der Waals surface area (Å²) in [6.45, 7) is 2.27. The fourth-order valence-electron chi connectivity index (χ4n) is 2.49. The number of nitrogens with one attached hydrogen (secondary N) is 1. The predicted molar refractivity (Wildman–Crippen MR) is 117 cm³/mol. The van der Waals surface area contributed by atoms with Crippen molar-refractivity contribution in [1.29, 1.82) is 0 Å². The van der Waals surface area contributed by atoms with E-state index in [1.165, 1.54) is 64.2 Å². The summed E-state index contributed by atoms with van der Waals surface area (Å²) in [5.41, 5.74) is 0.782. The summed E-state index contributed by atoms with van der Waals surface area (Å²) in [6.07, 6.45) is 13.6. The lowest BCUT2D eigenvalue weighted by Crippen LogP contribution is -2.05. The van der Waals surface area contributed by atoms with Gasteiger partial charge in [0.25, 0.3) is 0 Å². The lowest BCUT2D eigenvalue weighted by Gasteiger charge is -2.09. The van der Waals surface area contributed by atoms with Gasteiger partial charge in [-0.3, -0.25) is 0 Å². The Labute approximate surface area is 167 Å². The number of benzene rings is 1. The molecule has 136 valence electrons. The molecule has 24 heavy (non-hydrogen) atoms. The van der Waals surface area contributed by atoms with Crippen LogP contribution >= 0.6 is 47.2 Å². The minimum Gasteiger partial charge on any atom is -0.340 e. The molecule has 0 saturated carbocycles. The van der Waals surface area contributed by atoms with E-state index in [0.29, 0.717) is 10.0 Å². The van der Waals surface area contributed by atoms with Crippen LogP contribution in [0.2, 0.25) is 10.0 Å². The highest BCUT2D eigenvalue weighted by Crippen LogP contribution is 2.26. The van der Waals surface area contributed by atoms with Gasteiger partial charge in [0, 0.05) is 10.8 Å². The molecule has 0 bridgehead atoms. The molecule has 0 spiro atoms. The van der Waals surface area contributed by atoms with Gasteiger partial charge in [-0.05, 0) is 24.6 Å². The van der Waals surface area contributed by atoms with Crippen molar-refractivity contribution >= 4 is 57.2 Å². The lowest BCUT2D eigenvalue weighted by molar-refractivity contribution is 0.563. The van der Waals surface area contributed by atoms with Crippen molar-refractivity contribution in [3.05, 3.63) is 28.2 Å². The van der Waals surface area contributed by atoms with Gasteiger partial charge >= 0.3 is 0 Å². The monoisotopic (exact) mass is 405 g/mol. The van der Waals surface area contributed by atoms with Gasteiger partial charge < -0.3 is 5.32 Å². The summed E-state index contributed by atoms with van der Waals surface area (Å²) >= 11 is 19.1. The van der Waals surface area contributed by atoms with Crippen LogP contribution in [-0.4, -0.2) is 10.1 Å². The zero-order valence-corrected chi connectivity index (χ0v) is 17.7. The molecule has 0 aromatic heterocycles. The zero-order chi connectivity index (χ0) is 17.6. The number of unbranched alkanes of at least 4 members (excludes halogenated alkanes) is 9. The van der Waals surface area contributed by atoms with E-state index in [2.05, 4.69) is 12.2 Å². The molecule has 1 aromatic carbocycles. The molecular formula is C19H29Cl2NS2. The van der Waals surface area contributed by atoms with Crippen molar-refractivity contribution in [1.82, 2.24) is 0 Å². The van der Waals surface area contributed by atoms with Crippen molar-refractivity contribution < 1.29 is 0 Å². The van der Waals surface area contributed by atoms with Gasteiger partial charge in [-0.25, -0.2) is 0 Å². The molecule has 5 heteroatoms. The summed E-state index contributed by atoms with van der Waals surface area (Å²) in [6, 6.07) is 5.36. The molecule has 0 aliphatic rings. The number of hydrogen-bond acceptors (Lipinski definition) is 2. The summed E-state index contributed by atoms with van der Waals surface area (Å²) in [5.74, 6) is 1.06. The fourth-order valence-corrected chi connectivity index (χ4v) is 3.91. The quantitative estimate of drug-likeness (QED) is 0.277. The van der Waals surface area contributed by atoms with Gasteiger partial charge in [-0.1, -0.05) is 112 Å². The summed E-state index contributed by atoms with van der Waals surface area (Å²) in [4.78, 5) is 0. The minimum absolute atomic E-state index is 0.640. The average Bonchev–Trinajstić information content (AvgIpc) is 2.56. The van der Waals surface area contributed by atoms with Crippen molar-refractivity contribution in [2.45, 2.75) is 71.1 Å². The van der Waals surface area contributed by atoms with Crippen LogP contribution < -0.4 is 5.32 Å². The van der Waals surface area contributed by atoms with Crippen molar-refractivity contribution in [3.63, 3.8) is 0 Å². The van der Waals surface area contributed by atoms with E-state index >= 15 is 0 Å². The molecule has 0 unspecified atom stereocenters. The Kier molecular flexibility index (Phi) is 13.1. The molecule has 0 atom stereocenters. The normalized spacial score (nSPS) is 10.8. The minimum atomic E-state index is 0.640. The Morgan fingerprint density at radius 2 is 1.54 bits per heavy atom. The summed E-state index contributed by atoms with van der Waals surface area (Å²) in [7, 11) is 0. The second-order valence-corrected chi connectivity index (χ2v) is 8.68. The number of rotatable bonds is 12. The molecule has 1 rings (SSSR count). The number of halogens is 2. The Morgan fingerprint density at radius 3 is 2.17 bits per heavy atom. The van der Waals surface area contributed by atoms with E-state index in [9.17, 15) is 0 Å². The molecule has 0 aliphatic heterocycles. The first-order chi connectivity index (χ1) is 11.6. The van der Waals surface area contributed by atoms with E-state index in [0.717, 1.165) is 15.8 Å². The maximum Gasteiger partial charge on any atom is 0.138 e. The number of hydrogen-bond donors (Lipinski definition) is 1. The zero-order valence-electron chi connectivity index (χ0n) is 14.6. The maximum atomic E-state index is 6.12. The highest BCUT2D eigenvalue weighted by molar-refractivity contribution is 8.23. The number of anilines is 1. The van der Waals surface area contributed by atoms with Crippen LogP contribution in [0.5, 0.6) is 0 Å². The van der Waals surface area contributed by atoms with Crippen molar-refractivity contribution in [3.8, 4) is 0 Å². The van der Waals surface area contributed by atoms with Gasteiger partial charge in [0.05, 0.1) is 10.7 Å². The molecule has 0 fully saturated rings. The van der Waals surface area contributed by atoms with E-state index in [4.69, 9.17) is 35.4 Å². The first-order valence-corrected chi connectivity index (χ1v) is 11.2. The molecule has 0 amide bonds. The van der Waals surface area contributed by atoms with Crippen LogP contribution in [0.3, 0.4) is 0 Å². The van der Waals surface area contributed by atoms with Crippen LogP contribution in [0.1, 0.15) is 71.1 Å². The first kappa shape index (κ1) is 22.1. The average molecular weight is 406 g/mol. The van der Waals surface area contributed by atoms with E-state index < -0.39 is 0 Å². The van der Waals surface area contributed by atoms with Gasteiger partial charge in [-0.2, -0.15) is 0 Å². The molecule has 0 radical (unpaired) electrons. The Morgan fingerprint density at radius 1 is 0.958 bits per heavy atom. The molecule has 1 nitrogen and oxygen atoms in total. The van der Waals surface area contributed by atoms with Crippen LogP contribution in [0.15, 0.2) is 18.2 Å².